The van der Waals surface area contributed by atoms with E-state index >= 15 is 0 Å². The number of hydrogen-bond acceptors (Lipinski definition) is 5. The summed E-state index contributed by atoms with van der Waals surface area (Å²) < 4.78 is 0. The minimum absolute atomic E-state index is 0.0629. The molecule has 0 aliphatic carbocycles. The summed E-state index contributed by atoms with van der Waals surface area (Å²) in [5.74, 6) is -0.874. The highest BCUT2D eigenvalue weighted by Gasteiger charge is 2.17. The zero-order valence-electron chi connectivity index (χ0n) is 10.8. The number of para-hydroxylation sites is 1. The molecule has 1 aromatic heterocycles. The maximum Gasteiger partial charge on any atom is 0.218 e. The van der Waals surface area contributed by atoms with Crippen molar-refractivity contribution in [2.24, 2.45) is 0 Å². The molecule has 0 saturated carbocycles. The maximum atomic E-state index is 12.3. The minimum Gasteiger partial charge on any atom is -0.508 e. The van der Waals surface area contributed by atoms with E-state index in [0.29, 0.717) is 0 Å². The van der Waals surface area contributed by atoms with Gasteiger partial charge in [0.25, 0.3) is 0 Å². The van der Waals surface area contributed by atoms with Gasteiger partial charge in [0.1, 0.15) is 11.5 Å². The third kappa shape index (κ3) is 2.46. The van der Waals surface area contributed by atoms with Crippen LogP contribution in [0.2, 0.25) is 0 Å². The first kappa shape index (κ1) is 12.9. The Kier molecular flexibility index (Phi) is 3.12. The molecule has 3 rings (SSSR count). The van der Waals surface area contributed by atoms with Crippen LogP contribution in [-0.2, 0) is 0 Å². The normalized spacial score (nSPS) is 10.5. The molecule has 0 radical (unpaired) electrons. The van der Waals surface area contributed by atoms with E-state index in [9.17, 15) is 15.0 Å². The molecule has 0 fully saturated rings. The monoisotopic (exact) mass is 281 g/mol. The van der Waals surface area contributed by atoms with Crippen LogP contribution in [0.25, 0.3) is 5.69 Å². The molecule has 6 heteroatoms. The predicted molar refractivity (Wildman–Crippen MR) is 74.6 cm³/mol. The van der Waals surface area contributed by atoms with Gasteiger partial charge in [0.15, 0.2) is 5.69 Å². The number of aromatic hydroxyl groups is 2. The predicted octanol–water partition coefficient (Wildman–Crippen LogP) is 1.91. The second-order valence-electron chi connectivity index (χ2n) is 4.39. The van der Waals surface area contributed by atoms with E-state index in [1.807, 2.05) is 30.3 Å². The van der Waals surface area contributed by atoms with Gasteiger partial charge in [-0.15, -0.1) is 5.10 Å². The molecule has 1 heterocycles. The molecule has 3 aromatic rings. The highest BCUT2D eigenvalue weighted by atomic mass is 16.3. The summed E-state index contributed by atoms with van der Waals surface area (Å²) in [6.45, 7) is 0. The van der Waals surface area contributed by atoms with Crippen LogP contribution in [0.1, 0.15) is 16.1 Å². The lowest BCUT2D eigenvalue weighted by molar-refractivity contribution is 0.103. The number of carbonyl (C=O) groups excluding carboxylic acids is 1. The number of aromatic nitrogens is 3. The number of benzene rings is 2. The first-order valence-corrected chi connectivity index (χ1v) is 6.19. The van der Waals surface area contributed by atoms with Gasteiger partial charge in [0.05, 0.1) is 17.4 Å². The summed E-state index contributed by atoms with van der Waals surface area (Å²) in [6.07, 6.45) is 1.33. The Bertz CT molecular complexity index is 797. The van der Waals surface area contributed by atoms with Crippen molar-refractivity contribution in [2.45, 2.75) is 0 Å². The van der Waals surface area contributed by atoms with Crippen molar-refractivity contribution in [1.29, 1.82) is 0 Å². The Balaban J connectivity index is 1.94. The lowest BCUT2D eigenvalue weighted by Gasteiger charge is -2.02. The van der Waals surface area contributed by atoms with Crippen LogP contribution in [-0.4, -0.2) is 31.0 Å². The van der Waals surface area contributed by atoms with Gasteiger partial charge in [-0.05, 0) is 24.3 Å². The summed E-state index contributed by atoms with van der Waals surface area (Å²) >= 11 is 0. The fourth-order valence-electron chi connectivity index (χ4n) is 1.90. The quantitative estimate of drug-likeness (QED) is 0.716. The summed E-state index contributed by atoms with van der Waals surface area (Å²) in [7, 11) is 0. The van der Waals surface area contributed by atoms with Crippen molar-refractivity contribution in [1.82, 2.24) is 15.0 Å². The third-order valence-corrected chi connectivity index (χ3v) is 2.94. The largest absolute Gasteiger partial charge is 0.508 e. The Morgan fingerprint density at radius 1 is 1.05 bits per heavy atom. The average molecular weight is 281 g/mol. The Hall–Kier alpha value is -3.15. The number of carbonyl (C=O) groups is 1. The summed E-state index contributed by atoms with van der Waals surface area (Å²) in [5, 5.41) is 27.1. The van der Waals surface area contributed by atoms with Crippen molar-refractivity contribution in [3.63, 3.8) is 0 Å². The van der Waals surface area contributed by atoms with E-state index in [-0.39, 0.29) is 22.8 Å². The van der Waals surface area contributed by atoms with Crippen LogP contribution in [0.4, 0.5) is 0 Å². The molecule has 0 aliphatic heterocycles. The second-order valence-corrected chi connectivity index (χ2v) is 4.39. The molecule has 0 aliphatic rings. The minimum atomic E-state index is -0.463. The summed E-state index contributed by atoms with van der Waals surface area (Å²) in [6, 6.07) is 12.9. The summed E-state index contributed by atoms with van der Waals surface area (Å²) in [5.41, 5.74) is 0.902. The fraction of sp³-hybridized carbons (Fsp3) is 0. The fourth-order valence-corrected chi connectivity index (χ4v) is 1.90. The standard InChI is InChI=1S/C15H11N3O3/c19-11-6-7-12(14(20)8-11)15(21)13-9-16-18(17-13)10-4-2-1-3-5-10/h1-9,19-20H. The van der Waals surface area contributed by atoms with Gasteiger partial charge in [-0.3, -0.25) is 4.79 Å². The van der Waals surface area contributed by atoms with Gasteiger partial charge in [0.2, 0.25) is 5.78 Å². The van der Waals surface area contributed by atoms with Gasteiger partial charge < -0.3 is 10.2 Å². The molecule has 0 bridgehead atoms. The molecular formula is C15H11N3O3. The number of nitrogens with zero attached hydrogens (tertiary/aromatic N) is 3. The maximum absolute atomic E-state index is 12.3. The van der Waals surface area contributed by atoms with E-state index in [1.54, 1.807) is 0 Å². The van der Waals surface area contributed by atoms with Crippen molar-refractivity contribution >= 4 is 5.78 Å². The Labute approximate surface area is 119 Å². The molecule has 0 amide bonds. The highest BCUT2D eigenvalue weighted by Crippen LogP contribution is 2.24. The third-order valence-electron chi connectivity index (χ3n) is 2.94. The van der Waals surface area contributed by atoms with Crippen molar-refractivity contribution in [2.75, 3.05) is 0 Å². The lowest BCUT2D eigenvalue weighted by atomic mass is 10.1. The van der Waals surface area contributed by atoms with Crippen molar-refractivity contribution in [3.05, 3.63) is 66.0 Å². The number of rotatable bonds is 3. The molecule has 6 nitrogen and oxygen atoms in total. The van der Waals surface area contributed by atoms with E-state index in [4.69, 9.17) is 0 Å². The zero-order valence-corrected chi connectivity index (χ0v) is 10.8. The molecule has 21 heavy (non-hydrogen) atoms. The Morgan fingerprint density at radius 2 is 1.81 bits per heavy atom. The van der Waals surface area contributed by atoms with Gasteiger partial charge >= 0.3 is 0 Å². The average Bonchev–Trinajstić information content (AvgIpc) is 2.97. The SMILES string of the molecule is O=C(c1cnn(-c2ccccc2)n1)c1ccc(O)cc1O. The van der Waals surface area contributed by atoms with Crippen LogP contribution in [0, 0.1) is 0 Å². The topological polar surface area (TPSA) is 88.2 Å². The van der Waals surface area contributed by atoms with E-state index in [1.165, 1.54) is 23.1 Å². The first-order valence-electron chi connectivity index (χ1n) is 6.19. The highest BCUT2D eigenvalue weighted by molar-refractivity contribution is 6.09. The smallest absolute Gasteiger partial charge is 0.218 e. The lowest BCUT2D eigenvalue weighted by Crippen LogP contribution is -2.04. The number of ketones is 1. The van der Waals surface area contributed by atoms with E-state index in [0.717, 1.165) is 11.8 Å². The van der Waals surface area contributed by atoms with E-state index < -0.39 is 5.78 Å². The molecular weight excluding hydrogens is 270 g/mol. The van der Waals surface area contributed by atoms with Gasteiger partial charge in [-0.25, -0.2) is 0 Å². The van der Waals surface area contributed by atoms with Crippen molar-refractivity contribution < 1.29 is 15.0 Å². The zero-order chi connectivity index (χ0) is 14.8. The van der Waals surface area contributed by atoms with Gasteiger partial charge in [0, 0.05) is 6.07 Å². The van der Waals surface area contributed by atoms with Crippen molar-refractivity contribution in [3.8, 4) is 17.2 Å². The molecule has 0 atom stereocenters. The van der Waals surface area contributed by atoms with Crippen LogP contribution in [0.5, 0.6) is 11.5 Å². The van der Waals surface area contributed by atoms with Gasteiger partial charge in [-0.1, -0.05) is 18.2 Å². The number of phenolic OH excluding ortho intramolecular Hbond substituents is 2. The molecule has 2 N–H and O–H groups in total. The molecule has 104 valence electrons. The Morgan fingerprint density at radius 3 is 2.52 bits per heavy atom. The van der Waals surface area contributed by atoms with E-state index in [2.05, 4.69) is 10.2 Å². The molecule has 0 unspecified atom stereocenters. The number of phenols is 2. The first-order chi connectivity index (χ1) is 10.1. The summed E-state index contributed by atoms with van der Waals surface area (Å²) in [4.78, 5) is 13.6. The van der Waals surface area contributed by atoms with Gasteiger partial charge in [-0.2, -0.15) is 9.90 Å². The van der Waals surface area contributed by atoms with Crippen LogP contribution < -0.4 is 0 Å². The second kappa shape index (κ2) is 5.09. The molecule has 0 spiro atoms. The van der Waals surface area contributed by atoms with Crippen LogP contribution in [0.3, 0.4) is 0 Å². The van der Waals surface area contributed by atoms with Crippen LogP contribution in [0.15, 0.2) is 54.7 Å². The molecule has 2 aromatic carbocycles. The number of hydrogen-bond donors (Lipinski definition) is 2. The van der Waals surface area contributed by atoms with Crippen LogP contribution >= 0.6 is 0 Å². The molecule has 0 saturated heterocycles.